The molecule has 1 saturated heterocycles. The van der Waals surface area contributed by atoms with Gasteiger partial charge < -0.3 is 14.5 Å². The Hall–Kier alpha value is -3.04. The molecule has 0 spiro atoms. The van der Waals surface area contributed by atoms with E-state index < -0.39 is 0 Å². The maximum atomic E-state index is 12.5. The van der Waals surface area contributed by atoms with Crippen molar-refractivity contribution in [2.75, 3.05) is 51.8 Å². The van der Waals surface area contributed by atoms with E-state index >= 15 is 0 Å². The van der Waals surface area contributed by atoms with Gasteiger partial charge in [-0.2, -0.15) is 5.26 Å². The maximum absolute atomic E-state index is 12.5. The predicted molar refractivity (Wildman–Crippen MR) is 114 cm³/mol. The van der Waals surface area contributed by atoms with Crippen LogP contribution in [0.1, 0.15) is 17.2 Å². The molecule has 0 aromatic heterocycles. The number of hydrogen-bond acceptors (Lipinski definition) is 5. The van der Waals surface area contributed by atoms with Crippen molar-refractivity contribution in [1.82, 2.24) is 9.80 Å². The summed E-state index contributed by atoms with van der Waals surface area (Å²) in [6.45, 7) is 4.60. The number of hydrogen-bond donors (Lipinski definition) is 0. The van der Waals surface area contributed by atoms with Crippen LogP contribution in [0.4, 0.5) is 5.69 Å². The zero-order valence-corrected chi connectivity index (χ0v) is 17.3. The molecule has 0 saturated carbocycles. The molecule has 1 amide bonds. The van der Waals surface area contributed by atoms with E-state index in [2.05, 4.69) is 11.0 Å². The minimum atomic E-state index is -0.299. The van der Waals surface area contributed by atoms with Gasteiger partial charge in [0.05, 0.1) is 6.07 Å². The van der Waals surface area contributed by atoms with Gasteiger partial charge in [0.2, 0.25) is 0 Å². The van der Waals surface area contributed by atoms with Gasteiger partial charge in [0.15, 0.2) is 6.61 Å². The topological polar surface area (TPSA) is 59.8 Å². The van der Waals surface area contributed by atoms with Gasteiger partial charge >= 0.3 is 0 Å². The van der Waals surface area contributed by atoms with Crippen LogP contribution in [-0.2, 0) is 4.79 Å². The molecule has 1 aliphatic heterocycles. The van der Waals surface area contributed by atoms with E-state index in [1.54, 1.807) is 0 Å². The van der Waals surface area contributed by atoms with Crippen LogP contribution in [0.5, 0.6) is 5.75 Å². The third kappa shape index (κ3) is 5.27. The first kappa shape index (κ1) is 20.7. The molecule has 3 rings (SSSR count). The summed E-state index contributed by atoms with van der Waals surface area (Å²) in [5.41, 5.74) is 3.25. The van der Waals surface area contributed by atoms with Crippen molar-refractivity contribution in [3.8, 4) is 11.8 Å². The second-order valence-corrected chi connectivity index (χ2v) is 7.54. The van der Waals surface area contributed by atoms with Crippen molar-refractivity contribution in [2.45, 2.75) is 13.0 Å². The lowest BCUT2D eigenvalue weighted by molar-refractivity contribution is -0.135. The molecule has 0 aliphatic carbocycles. The summed E-state index contributed by atoms with van der Waals surface area (Å²) >= 11 is 0. The lowest BCUT2D eigenvalue weighted by Crippen LogP contribution is -2.50. The average Bonchev–Trinajstić information content (AvgIpc) is 2.74. The molecule has 2 aromatic rings. The van der Waals surface area contributed by atoms with Crippen molar-refractivity contribution in [3.63, 3.8) is 0 Å². The summed E-state index contributed by atoms with van der Waals surface area (Å²) in [6.07, 6.45) is 0. The summed E-state index contributed by atoms with van der Waals surface area (Å²) in [6, 6.07) is 17.9. The molecular weight excluding hydrogens is 364 g/mol. The summed E-state index contributed by atoms with van der Waals surface area (Å²) < 4.78 is 5.61. The normalized spacial score (nSPS) is 15.4. The van der Waals surface area contributed by atoms with E-state index in [1.165, 1.54) is 0 Å². The Bertz CT molecular complexity index is 848. The Morgan fingerprint density at radius 3 is 2.24 bits per heavy atom. The zero-order chi connectivity index (χ0) is 20.8. The van der Waals surface area contributed by atoms with Crippen LogP contribution in [0.25, 0.3) is 0 Å². The molecular formula is C23H28N4O2. The Balaban J connectivity index is 1.52. The molecule has 1 aliphatic rings. The predicted octanol–water partition coefficient (Wildman–Crippen LogP) is 2.85. The molecule has 29 heavy (non-hydrogen) atoms. The van der Waals surface area contributed by atoms with Crippen molar-refractivity contribution < 1.29 is 9.53 Å². The number of benzene rings is 2. The lowest BCUT2D eigenvalue weighted by atomic mass is 10.0. The number of rotatable bonds is 6. The molecule has 1 heterocycles. The number of anilines is 1. The van der Waals surface area contributed by atoms with Crippen LogP contribution in [0.15, 0.2) is 48.5 Å². The standard InChI is InChI=1S/C23H28N4O2/c1-18-4-10-21(11-5-18)29-17-23(28)27-14-12-26(13-15-27)22(16-24)19-6-8-20(9-7-19)25(2)3/h4-11,22H,12-15,17H2,1-3H3. The number of carbonyl (C=O) groups is 1. The molecule has 2 aromatic carbocycles. The molecule has 152 valence electrons. The average molecular weight is 393 g/mol. The largest absolute Gasteiger partial charge is 0.484 e. The highest BCUT2D eigenvalue weighted by Crippen LogP contribution is 2.24. The molecule has 6 heteroatoms. The molecule has 0 radical (unpaired) electrons. The smallest absolute Gasteiger partial charge is 0.260 e. The molecule has 0 bridgehead atoms. The number of aryl methyl sites for hydroxylation is 1. The first-order chi connectivity index (χ1) is 14.0. The fourth-order valence-electron chi connectivity index (χ4n) is 3.42. The Morgan fingerprint density at radius 1 is 1.07 bits per heavy atom. The minimum absolute atomic E-state index is 0.0194. The van der Waals surface area contributed by atoms with E-state index in [-0.39, 0.29) is 18.6 Å². The summed E-state index contributed by atoms with van der Waals surface area (Å²) in [5, 5.41) is 9.71. The zero-order valence-electron chi connectivity index (χ0n) is 17.3. The lowest BCUT2D eigenvalue weighted by Gasteiger charge is -2.37. The first-order valence-electron chi connectivity index (χ1n) is 9.86. The van der Waals surface area contributed by atoms with E-state index in [9.17, 15) is 10.1 Å². The number of ether oxygens (including phenoxy) is 1. The number of carbonyl (C=O) groups excluding carboxylic acids is 1. The molecule has 6 nitrogen and oxygen atoms in total. The summed E-state index contributed by atoms with van der Waals surface area (Å²) in [4.78, 5) is 18.5. The minimum Gasteiger partial charge on any atom is -0.484 e. The van der Waals surface area contributed by atoms with E-state index in [0.717, 1.165) is 16.8 Å². The van der Waals surface area contributed by atoms with Crippen LogP contribution in [0.3, 0.4) is 0 Å². The van der Waals surface area contributed by atoms with Gasteiger partial charge in [-0.15, -0.1) is 0 Å². The Kier molecular flexibility index (Phi) is 6.73. The van der Waals surface area contributed by atoms with Crippen molar-refractivity contribution in [1.29, 1.82) is 5.26 Å². The van der Waals surface area contributed by atoms with Crippen molar-refractivity contribution in [3.05, 3.63) is 59.7 Å². The molecule has 1 fully saturated rings. The first-order valence-corrected chi connectivity index (χ1v) is 9.86. The quantitative estimate of drug-likeness (QED) is 0.757. The number of nitrogens with zero attached hydrogens (tertiary/aromatic N) is 4. The van der Waals surface area contributed by atoms with Crippen LogP contribution in [-0.4, -0.2) is 62.6 Å². The van der Waals surface area contributed by atoms with Crippen LogP contribution in [0.2, 0.25) is 0 Å². The van der Waals surface area contributed by atoms with Crippen LogP contribution in [0, 0.1) is 18.3 Å². The fourth-order valence-corrected chi connectivity index (χ4v) is 3.42. The third-order valence-electron chi connectivity index (χ3n) is 5.26. The highest BCUT2D eigenvalue weighted by atomic mass is 16.5. The summed E-state index contributed by atoms with van der Waals surface area (Å²) in [7, 11) is 3.99. The SMILES string of the molecule is Cc1ccc(OCC(=O)N2CCN(C(C#N)c3ccc(N(C)C)cc3)CC2)cc1. The monoisotopic (exact) mass is 392 g/mol. The molecule has 1 atom stereocenters. The van der Waals surface area contributed by atoms with Gasteiger partial charge in [0.25, 0.3) is 5.91 Å². The highest BCUT2D eigenvalue weighted by molar-refractivity contribution is 5.77. The number of piperazine rings is 1. The number of nitriles is 1. The summed E-state index contributed by atoms with van der Waals surface area (Å²) in [5.74, 6) is 0.683. The Labute approximate surface area is 172 Å². The van der Waals surface area contributed by atoms with Gasteiger partial charge in [0.1, 0.15) is 11.8 Å². The van der Waals surface area contributed by atoms with Gasteiger partial charge in [-0.25, -0.2) is 0 Å². The van der Waals surface area contributed by atoms with Crippen LogP contribution >= 0.6 is 0 Å². The Morgan fingerprint density at radius 2 is 1.69 bits per heavy atom. The van der Waals surface area contributed by atoms with E-state index in [4.69, 9.17) is 4.74 Å². The molecule has 1 unspecified atom stereocenters. The second kappa shape index (κ2) is 9.44. The number of amides is 1. The van der Waals surface area contributed by atoms with Crippen molar-refractivity contribution in [2.24, 2.45) is 0 Å². The fraction of sp³-hybridized carbons (Fsp3) is 0.391. The maximum Gasteiger partial charge on any atom is 0.260 e. The van der Waals surface area contributed by atoms with Gasteiger partial charge in [-0.1, -0.05) is 29.8 Å². The van der Waals surface area contributed by atoms with Crippen LogP contribution < -0.4 is 9.64 Å². The van der Waals surface area contributed by atoms with E-state index in [1.807, 2.05) is 79.3 Å². The second-order valence-electron chi connectivity index (χ2n) is 7.54. The van der Waals surface area contributed by atoms with Gasteiger partial charge in [0, 0.05) is 46.0 Å². The third-order valence-corrected chi connectivity index (χ3v) is 5.26. The van der Waals surface area contributed by atoms with Gasteiger partial charge in [-0.3, -0.25) is 9.69 Å². The van der Waals surface area contributed by atoms with Gasteiger partial charge in [-0.05, 0) is 36.8 Å². The highest BCUT2D eigenvalue weighted by Gasteiger charge is 2.27. The van der Waals surface area contributed by atoms with Crippen molar-refractivity contribution >= 4 is 11.6 Å². The molecule has 0 N–H and O–H groups in total. The van der Waals surface area contributed by atoms with E-state index in [0.29, 0.717) is 31.9 Å².